The highest BCUT2D eigenvalue weighted by Crippen LogP contribution is 2.40. The zero-order valence-corrected chi connectivity index (χ0v) is 15.4. The van der Waals surface area contributed by atoms with E-state index in [1.54, 1.807) is 12.1 Å². The number of carbonyl (C=O) groups excluding carboxylic acids is 1. The van der Waals surface area contributed by atoms with E-state index in [9.17, 15) is 23.5 Å². The Labute approximate surface area is 160 Å². The van der Waals surface area contributed by atoms with Gasteiger partial charge in [0.2, 0.25) is 0 Å². The van der Waals surface area contributed by atoms with Crippen molar-refractivity contribution in [1.29, 1.82) is 0 Å². The summed E-state index contributed by atoms with van der Waals surface area (Å²) in [5.74, 6) is -2.57. The number of aliphatic carboxylic acids is 1. The monoisotopic (exact) mass is 391 g/mol. The van der Waals surface area contributed by atoms with Crippen LogP contribution in [0.3, 0.4) is 0 Å². The second-order valence-electron chi connectivity index (χ2n) is 6.43. The second kappa shape index (κ2) is 7.84. The first-order chi connectivity index (χ1) is 13.3. The molecule has 2 aromatic carbocycles. The van der Waals surface area contributed by atoms with Crippen LogP contribution in [0.15, 0.2) is 30.3 Å². The molecule has 148 valence electrons. The zero-order chi connectivity index (χ0) is 20.4. The standard InChI is InChI=1S/C20H19F2NO5/c1-27-17-7-11-3-4-23(20(26)12-5-13(21)8-14(22)6-12)16(10-19(24)25)15(11)9-18(17)28-2/h5-9,16H,3-4,10H2,1-2H3,(H,24,25). The van der Waals surface area contributed by atoms with Gasteiger partial charge in [0.1, 0.15) is 11.6 Å². The number of amides is 1. The number of carboxylic acid groups (broad SMARTS) is 1. The summed E-state index contributed by atoms with van der Waals surface area (Å²) >= 11 is 0. The molecule has 1 heterocycles. The van der Waals surface area contributed by atoms with E-state index in [4.69, 9.17) is 9.47 Å². The van der Waals surface area contributed by atoms with Crippen molar-refractivity contribution in [2.24, 2.45) is 0 Å². The molecule has 0 aromatic heterocycles. The molecule has 0 radical (unpaired) electrons. The number of ether oxygens (including phenoxy) is 2. The molecule has 1 atom stereocenters. The third-order valence-corrected chi connectivity index (χ3v) is 4.74. The summed E-state index contributed by atoms with van der Waals surface area (Å²) in [7, 11) is 2.95. The largest absolute Gasteiger partial charge is 0.493 e. The number of nitrogens with zero attached hydrogens (tertiary/aromatic N) is 1. The molecule has 3 rings (SSSR count). The first-order valence-electron chi connectivity index (χ1n) is 8.57. The topological polar surface area (TPSA) is 76.1 Å². The fourth-order valence-electron chi connectivity index (χ4n) is 3.50. The number of hydrogen-bond acceptors (Lipinski definition) is 4. The number of benzene rings is 2. The molecule has 1 amide bonds. The highest BCUT2D eigenvalue weighted by molar-refractivity contribution is 5.95. The van der Waals surface area contributed by atoms with Gasteiger partial charge in [-0.3, -0.25) is 9.59 Å². The normalized spacial score (nSPS) is 15.7. The minimum atomic E-state index is -1.10. The number of rotatable bonds is 5. The van der Waals surface area contributed by atoms with Crippen LogP contribution in [0.4, 0.5) is 8.78 Å². The van der Waals surface area contributed by atoms with E-state index in [2.05, 4.69) is 0 Å². The van der Waals surface area contributed by atoms with Crippen LogP contribution in [0.2, 0.25) is 0 Å². The maximum absolute atomic E-state index is 13.5. The summed E-state index contributed by atoms with van der Waals surface area (Å²) in [5, 5.41) is 9.36. The van der Waals surface area contributed by atoms with Gasteiger partial charge in [-0.1, -0.05) is 0 Å². The molecule has 0 fully saturated rings. The summed E-state index contributed by atoms with van der Waals surface area (Å²) in [4.78, 5) is 25.7. The Morgan fingerprint density at radius 2 is 1.68 bits per heavy atom. The van der Waals surface area contributed by atoms with E-state index < -0.39 is 29.6 Å². The van der Waals surface area contributed by atoms with E-state index in [0.29, 0.717) is 29.5 Å². The Morgan fingerprint density at radius 3 is 2.25 bits per heavy atom. The second-order valence-corrected chi connectivity index (χ2v) is 6.43. The van der Waals surface area contributed by atoms with Crippen LogP contribution in [0.5, 0.6) is 11.5 Å². The van der Waals surface area contributed by atoms with Gasteiger partial charge in [0.05, 0.1) is 26.7 Å². The van der Waals surface area contributed by atoms with Crippen molar-refractivity contribution < 1.29 is 33.0 Å². The molecule has 28 heavy (non-hydrogen) atoms. The van der Waals surface area contributed by atoms with Crippen molar-refractivity contribution in [3.8, 4) is 11.5 Å². The van der Waals surface area contributed by atoms with Gasteiger partial charge in [0.25, 0.3) is 5.91 Å². The van der Waals surface area contributed by atoms with Gasteiger partial charge in [0.15, 0.2) is 11.5 Å². The first-order valence-corrected chi connectivity index (χ1v) is 8.57. The van der Waals surface area contributed by atoms with Crippen molar-refractivity contribution in [2.45, 2.75) is 18.9 Å². The summed E-state index contributed by atoms with van der Waals surface area (Å²) in [5.41, 5.74) is 1.27. The van der Waals surface area contributed by atoms with E-state index in [-0.39, 0.29) is 18.5 Å². The summed E-state index contributed by atoms with van der Waals surface area (Å²) in [6.45, 7) is 0.206. The first kappa shape index (κ1) is 19.6. The number of halogens is 2. The van der Waals surface area contributed by atoms with Crippen molar-refractivity contribution in [2.75, 3.05) is 20.8 Å². The Balaban J connectivity index is 2.05. The molecular formula is C20H19F2NO5. The lowest BCUT2D eigenvalue weighted by atomic mass is 9.89. The minimum absolute atomic E-state index is 0.170. The maximum atomic E-state index is 13.5. The predicted molar refractivity (Wildman–Crippen MR) is 95.6 cm³/mol. The van der Waals surface area contributed by atoms with Crippen LogP contribution in [0.25, 0.3) is 0 Å². The van der Waals surface area contributed by atoms with E-state index in [0.717, 1.165) is 17.7 Å². The Kier molecular flexibility index (Phi) is 5.48. The molecule has 0 spiro atoms. The molecular weight excluding hydrogens is 372 g/mol. The molecule has 1 N–H and O–H groups in total. The maximum Gasteiger partial charge on any atom is 0.305 e. The van der Waals surface area contributed by atoms with Crippen molar-refractivity contribution >= 4 is 11.9 Å². The number of fused-ring (bicyclic) bond motifs is 1. The minimum Gasteiger partial charge on any atom is -0.493 e. The third-order valence-electron chi connectivity index (χ3n) is 4.74. The van der Waals surface area contributed by atoms with Crippen LogP contribution < -0.4 is 9.47 Å². The molecule has 0 bridgehead atoms. The quantitative estimate of drug-likeness (QED) is 0.847. The molecule has 0 aliphatic carbocycles. The summed E-state index contributed by atoms with van der Waals surface area (Å²) < 4.78 is 37.7. The van der Waals surface area contributed by atoms with Crippen molar-refractivity contribution in [3.63, 3.8) is 0 Å². The number of carboxylic acids is 1. The molecule has 6 nitrogen and oxygen atoms in total. The van der Waals surface area contributed by atoms with Crippen molar-refractivity contribution in [3.05, 3.63) is 58.7 Å². The van der Waals surface area contributed by atoms with Crippen LogP contribution in [0.1, 0.15) is 33.9 Å². The van der Waals surface area contributed by atoms with Gasteiger partial charge in [-0.2, -0.15) is 0 Å². The van der Waals surface area contributed by atoms with Crippen molar-refractivity contribution in [1.82, 2.24) is 4.90 Å². The molecule has 1 unspecified atom stereocenters. The Hall–Kier alpha value is -3.16. The lowest BCUT2D eigenvalue weighted by Crippen LogP contribution is -2.41. The molecule has 0 saturated carbocycles. The molecule has 0 saturated heterocycles. The van der Waals surface area contributed by atoms with Gasteiger partial charge in [0, 0.05) is 18.2 Å². The van der Waals surface area contributed by atoms with Gasteiger partial charge in [-0.15, -0.1) is 0 Å². The molecule has 2 aromatic rings. The van der Waals surface area contributed by atoms with E-state index >= 15 is 0 Å². The van der Waals surface area contributed by atoms with Crippen LogP contribution in [-0.2, 0) is 11.2 Å². The van der Waals surface area contributed by atoms with E-state index in [1.165, 1.54) is 19.1 Å². The average molecular weight is 391 g/mol. The molecule has 1 aliphatic heterocycles. The summed E-state index contributed by atoms with van der Waals surface area (Å²) in [6, 6.07) is 5.15. The molecule has 1 aliphatic rings. The van der Waals surface area contributed by atoms with Gasteiger partial charge in [-0.25, -0.2) is 8.78 Å². The lowest BCUT2D eigenvalue weighted by molar-refractivity contribution is -0.138. The Bertz CT molecular complexity index is 911. The fraction of sp³-hybridized carbons (Fsp3) is 0.300. The van der Waals surface area contributed by atoms with Gasteiger partial charge < -0.3 is 19.5 Å². The number of methoxy groups -OCH3 is 2. The lowest BCUT2D eigenvalue weighted by Gasteiger charge is -2.37. The summed E-state index contributed by atoms with van der Waals surface area (Å²) in [6.07, 6.45) is 0.0847. The highest BCUT2D eigenvalue weighted by atomic mass is 19.1. The number of carbonyl (C=O) groups is 2. The Morgan fingerprint density at radius 1 is 1.07 bits per heavy atom. The van der Waals surface area contributed by atoms with Gasteiger partial charge in [-0.05, 0) is 41.8 Å². The molecule has 8 heteroatoms. The van der Waals surface area contributed by atoms with Crippen LogP contribution in [-0.4, -0.2) is 42.6 Å². The number of hydrogen-bond donors (Lipinski definition) is 1. The van der Waals surface area contributed by atoms with E-state index in [1.807, 2.05) is 0 Å². The van der Waals surface area contributed by atoms with Gasteiger partial charge >= 0.3 is 5.97 Å². The zero-order valence-electron chi connectivity index (χ0n) is 15.4. The highest BCUT2D eigenvalue weighted by Gasteiger charge is 2.34. The predicted octanol–water partition coefficient (Wildman–Crippen LogP) is 3.20. The smallest absolute Gasteiger partial charge is 0.305 e. The fourth-order valence-corrected chi connectivity index (χ4v) is 3.50. The average Bonchev–Trinajstić information content (AvgIpc) is 2.65. The van der Waals surface area contributed by atoms with Crippen LogP contribution >= 0.6 is 0 Å². The SMILES string of the molecule is COc1cc2c(cc1OC)C(CC(=O)O)N(C(=O)c1cc(F)cc(F)c1)CC2. The van der Waals surface area contributed by atoms with Crippen LogP contribution in [0, 0.1) is 11.6 Å². The third kappa shape index (κ3) is 3.76.